The predicted molar refractivity (Wildman–Crippen MR) is 90.6 cm³/mol. The van der Waals surface area contributed by atoms with Crippen LogP contribution in [-0.2, 0) is 11.3 Å². The Morgan fingerprint density at radius 3 is 2.88 bits per heavy atom. The van der Waals surface area contributed by atoms with Crippen molar-refractivity contribution in [2.75, 3.05) is 26.8 Å². The summed E-state index contributed by atoms with van der Waals surface area (Å²) in [6, 6.07) is 6.51. The van der Waals surface area contributed by atoms with Crippen LogP contribution in [0.2, 0.25) is 0 Å². The first-order valence-corrected chi connectivity index (χ1v) is 8.60. The van der Waals surface area contributed by atoms with E-state index in [1.54, 1.807) is 36.3 Å². The number of hydrogen-bond acceptors (Lipinski definition) is 4. The van der Waals surface area contributed by atoms with E-state index in [2.05, 4.69) is 10.3 Å². The van der Waals surface area contributed by atoms with Gasteiger partial charge in [-0.2, -0.15) is 0 Å². The minimum Gasteiger partial charge on any atom is -0.381 e. The summed E-state index contributed by atoms with van der Waals surface area (Å²) < 4.78 is 20.5. The summed E-state index contributed by atoms with van der Waals surface area (Å²) in [7, 11) is 1.78. The number of rotatable bonds is 6. The molecule has 0 spiro atoms. The van der Waals surface area contributed by atoms with Crippen LogP contribution in [0.4, 0.5) is 4.39 Å². The van der Waals surface area contributed by atoms with Crippen LogP contribution in [0.1, 0.15) is 35.3 Å². The maximum Gasteiger partial charge on any atom is 0.275 e. The maximum absolute atomic E-state index is 13.7. The van der Waals surface area contributed by atoms with Crippen molar-refractivity contribution in [1.82, 2.24) is 19.9 Å². The van der Waals surface area contributed by atoms with E-state index in [9.17, 15) is 9.18 Å². The highest BCUT2D eigenvalue weighted by molar-refractivity contribution is 5.91. The highest BCUT2D eigenvalue weighted by Crippen LogP contribution is 2.18. The second-order valence-corrected chi connectivity index (χ2v) is 6.46. The van der Waals surface area contributed by atoms with Crippen LogP contribution in [0, 0.1) is 11.7 Å². The van der Waals surface area contributed by atoms with Crippen molar-refractivity contribution in [3.05, 3.63) is 47.5 Å². The minimum atomic E-state index is -0.292. The zero-order valence-electron chi connectivity index (χ0n) is 14.4. The van der Waals surface area contributed by atoms with Gasteiger partial charge >= 0.3 is 0 Å². The van der Waals surface area contributed by atoms with Crippen LogP contribution in [0.5, 0.6) is 0 Å². The zero-order valence-corrected chi connectivity index (χ0v) is 14.4. The number of carbonyl (C=O) groups is 1. The number of benzene rings is 1. The molecule has 0 atom stereocenters. The molecule has 1 aromatic heterocycles. The third-order valence-electron chi connectivity index (χ3n) is 4.61. The van der Waals surface area contributed by atoms with Crippen LogP contribution >= 0.6 is 0 Å². The fraction of sp³-hybridized carbons (Fsp3) is 0.500. The summed E-state index contributed by atoms with van der Waals surface area (Å²) in [4.78, 5) is 14.1. The molecule has 2 heterocycles. The van der Waals surface area contributed by atoms with Crippen molar-refractivity contribution < 1.29 is 13.9 Å². The minimum absolute atomic E-state index is 0.160. The fourth-order valence-corrected chi connectivity index (χ4v) is 2.98. The van der Waals surface area contributed by atoms with E-state index < -0.39 is 0 Å². The number of aromatic nitrogens is 3. The van der Waals surface area contributed by atoms with E-state index in [1.807, 2.05) is 0 Å². The van der Waals surface area contributed by atoms with E-state index in [-0.39, 0.29) is 24.0 Å². The first kappa shape index (κ1) is 17.5. The van der Waals surface area contributed by atoms with Crippen molar-refractivity contribution in [3.63, 3.8) is 0 Å². The predicted octanol–water partition coefficient (Wildman–Crippen LogP) is 2.35. The van der Waals surface area contributed by atoms with E-state index in [0.717, 1.165) is 32.5 Å². The van der Waals surface area contributed by atoms with Gasteiger partial charge in [-0.3, -0.25) is 4.79 Å². The molecule has 1 aliphatic rings. The second kappa shape index (κ2) is 8.20. The molecule has 1 fully saturated rings. The number of ether oxygens (including phenoxy) is 1. The number of amides is 1. The molecule has 25 heavy (non-hydrogen) atoms. The Bertz CT molecular complexity index is 713. The molecule has 2 aromatic rings. The molecule has 1 amide bonds. The maximum atomic E-state index is 13.7. The summed E-state index contributed by atoms with van der Waals surface area (Å²) in [5, 5.41) is 7.88. The summed E-state index contributed by atoms with van der Waals surface area (Å²) in [6.45, 7) is 2.56. The molecule has 1 aliphatic heterocycles. The lowest BCUT2D eigenvalue weighted by Gasteiger charge is -2.24. The quantitative estimate of drug-likeness (QED) is 0.806. The smallest absolute Gasteiger partial charge is 0.275 e. The largest absolute Gasteiger partial charge is 0.381 e. The summed E-state index contributed by atoms with van der Waals surface area (Å²) in [6.07, 6.45) is 4.65. The molecule has 1 saturated heterocycles. The molecule has 0 unspecified atom stereocenters. The van der Waals surface area contributed by atoms with Gasteiger partial charge in [0.05, 0.1) is 12.7 Å². The Morgan fingerprint density at radius 2 is 2.12 bits per heavy atom. The van der Waals surface area contributed by atoms with E-state index in [1.165, 1.54) is 10.7 Å². The molecule has 0 aliphatic carbocycles. The monoisotopic (exact) mass is 346 g/mol. The summed E-state index contributed by atoms with van der Waals surface area (Å²) >= 11 is 0. The molecule has 6 nitrogen and oxygen atoms in total. The number of halogens is 1. The summed E-state index contributed by atoms with van der Waals surface area (Å²) in [5.41, 5.74) is 0.796. The lowest BCUT2D eigenvalue weighted by Crippen LogP contribution is -2.30. The van der Waals surface area contributed by atoms with E-state index in [4.69, 9.17) is 4.74 Å². The zero-order chi connectivity index (χ0) is 17.6. The first-order chi connectivity index (χ1) is 12.1. The van der Waals surface area contributed by atoms with Crippen molar-refractivity contribution in [2.24, 2.45) is 5.92 Å². The Hall–Kier alpha value is -2.28. The molecule has 134 valence electrons. The van der Waals surface area contributed by atoms with Crippen LogP contribution in [-0.4, -0.2) is 52.6 Å². The SMILES string of the molecule is CN(CCC1CCOCC1)C(=O)c1cn(Cc2ccccc2F)nn1. The molecular weight excluding hydrogens is 323 g/mol. The van der Waals surface area contributed by atoms with Crippen LogP contribution in [0.3, 0.4) is 0 Å². The lowest BCUT2D eigenvalue weighted by molar-refractivity contribution is 0.0582. The van der Waals surface area contributed by atoms with Gasteiger partial charge in [0.15, 0.2) is 5.69 Å². The molecular formula is C18H23FN4O2. The Labute approximate surface area is 146 Å². The van der Waals surface area contributed by atoms with Gasteiger partial charge in [0.2, 0.25) is 0 Å². The standard InChI is InChI=1S/C18H23FN4O2/c1-22(9-6-14-7-10-25-11-8-14)18(24)17-13-23(21-20-17)12-15-4-2-3-5-16(15)19/h2-5,13-14H,6-12H2,1H3. The normalized spacial score (nSPS) is 15.3. The highest BCUT2D eigenvalue weighted by atomic mass is 19.1. The Morgan fingerprint density at radius 1 is 1.36 bits per heavy atom. The molecule has 0 bridgehead atoms. The Balaban J connectivity index is 1.55. The van der Waals surface area contributed by atoms with Crippen LogP contribution in [0.15, 0.2) is 30.5 Å². The van der Waals surface area contributed by atoms with Crippen LogP contribution in [0.25, 0.3) is 0 Å². The van der Waals surface area contributed by atoms with Gasteiger partial charge in [-0.25, -0.2) is 9.07 Å². The van der Waals surface area contributed by atoms with Gasteiger partial charge < -0.3 is 9.64 Å². The Kier molecular flexibility index (Phi) is 5.75. The topological polar surface area (TPSA) is 60.2 Å². The highest BCUT2D eigenvalue weighted by Gasteiger charge is 2.19. The van der Waals surface area contributed by atoms with Crippen molar-refractivity contribution in [3.8, 4) is 0 Å². The van der Waals surface area contributed by atoms with Gasteiger partial charge in [-0.15, -0.1) is 5.10 Å². The fourth-order valence-electron chi connectivity index (χ4n) is 2.98. The third-order valence-corrected chi connectivity index (χ3v) is 4.61. The van der Waals surface area contributed by atoms with Gasteiger partial charge in [0, 0.05) is 32.4 Å². The third kappa shape index (κ3) is 4.63. The summed E-state index contributed by atoms with van der Waals surface area (Å²) in [5.74, 6) is 0.159. The molecule has 3 rings (SSSR count). The van der Waals surface area contributed by atoms with Crippen LogP contribution < -0.4 is 0 Å². The number of nitrogens with zero attached hydrogens (tertiary/aromatic N) is 4. The number of carbonyl (C=O) groups excluding carboxylic acids is 1. The average molecular weight is 346 g/mol. The average Bonchev–Trinajstić information content (AvgIpc) is 3.10. The van der Waals surface area contributed by atoms with Crippen molar-refractivity contribution >= 4 is 5.91 Å². The molecule has 0 saturated carbocycles. The number of hydrogen-bond donors (Lipinski definition) is 0. The molecule has 1 aromatic carbocycles. The van der Waals surface area contributed by atoms with Gasteiger partial charge in [0.25, 0.3) is 5.91 Å². The first-order valence-electron chi connectivity index (χ1n) is 8.60. The lowest BCUT2D eigenvalue weighted by atomic mass is 9.96. The molecule has 0 radical (unpaired) electrons. The molecule has 0 N–H and O–H groups in total. The van der Waals surface area contributed by atoms with Gasteiger partial charge in [-0.05, 0) is 31.2 Å². The second-order valence-electron chi connectivity index (χ2n) is 6.46. The van der Waals surface area contributed by atoms with Crippen molar-refractivity contribution in [1.29, 1.82) is 0 Å². The van der Waals surface area contributed by atoms with E-state index >= 15 is 0 Å². The van der Waals surface area contributed by atoms with Crippen molar-refractivity contribution in [2.45, 2.75) is 25.8 Å². The van der Waals surface area contributed by atoms with Gasteiger partial charge in [0.1, 0.15) is 5.82 Å². The molecule has 7 heteroatoms. The van der Waals surface area contributed by atoms with E-state index in [0.29, 0.717) is 18.0 Å². The van der Waals surface area contributed by atoms with Gasteiger partial charge in [-0.1, -0.05) is 23.4 Å².